The summed E-state index contributed by atoms with van der Waals surface area (Å²) in [4.78, 5) is 43.3. The van der Waals surface area contributed by atoms with Gasteiger partial charge < -0.3 is 15.1 Å². The number of benzene rings is 2. The predicted molar refractivity (Wildman–Crippen MR) is 132 cm³/mol. The van der Waals surface area contributed by atoms with Gasteiger partial charge in [0.15, 0.2) is 0 Å². The highest BCUT2D eigenvalue weighted by Crippen LogP contribution is 2.29. The maximum atomic E-state index is 13.5. The number of carbonyl (C=O) groups is 3. The number of rotatable bonds is 6. The molecule has 0 saturated carbocycles. The number of hydrazine groups is 1. The summed E-state index contributed by atoms with van der Waals surface area (Å²) in [6.45, 7) is 3.10. The van der Waals surface area contributed by atoms with Crippen LogP contribution < -0.4 is 5.32 Å². The number of likely N-dealkylation sites (N-methyl/N-ethyl adjacent to an activating group) is 1. The molecule has 8 nitrogen and oxygen atoms in total. The Balaban J connectivity index is 1.59. The van der Waals surface area contributed by atoms with E-state index in [4.69, 9.17) is 0 Å². The molecule has 2 fully saturated rings. The molecule has 2 heterocycles. The molecule has 0 aliphatic carbocycles. The summed E-state index contributed by atoms with van der Waals surface area (Å²) in [5.74, 6) is -0.200. The summed E-state index contributed by atoms with van der Waals surface area (Å²) in [5, 5.41) is 6.22. The Kier molecular flexibility index (Phi) is 7.53. The van der Waals surface area contributed by atoms with Crippen LogP contribution in [-0.2, 0) is 22.7 Å². The Morgan fingerprint density at radius 2 is 1.82 bits per heavy atom. The summed E-state index contributed by atoms with van der Waals surface area (Å²) >= 11 is 3.49. The van der Waals surface area contributed by atoms with Gasteiger partial charge in [-0.05, 0) is 29.7 Å². The largest absolute Gasteiger partial charge is 0.334 e. The molecule has 2 atom stereocenters. The molecule has 34 heavy (non-hydrogen) atoms. The Morgan fingerprint density at radius 3 is 2.53 bits per heavy atom. The van der Waals surface area contributed by atoms with Crippen molar-refractivity contribution < 1.29 is 14.4 Å². The third-order valence-electron chi connectivity index (χ3n) is 6.26. The van der Waals surface area contributed by atoms with Gasteiger partial charge in [-0.2, -0.15) is 0 Å². The highest BCUT2D eigenvalue weighted by molar-refractivity contribution is 9.10. The molecule has 2 saturated heterocycles. The van der Waals surface area contributed by atoms with E-state index in [2.05, 4.69) is 21.2 Å². The predicted octanol–water partition coefficient (Wildman–Crippen LogP) is 3.19. The summed E-state index contributed by atoms with van der Waals surface area (Å²) in [7, 11) is 1.74. The summed E-state index contributed by atoms with van der Waals surface area (Å²) in [5.41, 5.74) is 1.98. The van der Waals surface area contributed by atoms with Crippen LogP contribution in [0.15, 0.2) is 59.1 Å². The third kappa shape index (κ3) is 5.10. The van der Waals surface area contributed by atoms with Gasteiger partial charge in [-0.1, -0.05) is 71.7 Å². The van der Waals surface area contributed by atoms with Crippen LogP contribution in [0.3, 0.4) is 0 Å². The number of piperazine rings is 1. The third-order valence-corrected chi connectivity index (χ3v) is 6.75. The molecular formula is C25H30BrN5O3. The van der Waals surface area contributed by atoms with E-state index in [1.54, 1.807) is 26.9 Å². The van der Waals surface area contributed by atoms with Gasteiger partial charge in [0.25, 0.3) is 0 Å². The second kappa shape index (κ2) is 10.6. The van der Waals surface area contributed by atoms with Crippen LogP contribution in [0.1, 0.15) is 30.9 Å². The molecule has 4 amide bonds. The van der Waals surface area contributed by atoms with Gasteiger partial charge in [-0.3, -0.25) is 9.59 Å². The molecule has 180 valence electrons. The van der Waals surface area contributed by atoms with E-state index in [-0.39, 0.29) is 30.9 Å². The Bertz CT molecular complexity index is 1050. The van der Waals surface area contributed by atoms with Crippen molar-refractivity contribution in [2.45, 2.75) is 45.1 Å². The molecule has 0 bridgehead atoms. The van der Waals surface area contributed by atoms with Gasteiger partial charge in [0.05, 0.1) is 13.1 Å². The standard InChI is InChI=1S/C25H30BrN5O3/c1-3-8-21-24(33)29(15-19-11-7-12-20(26)13-19)16-22-30(21)23(32)17-28(2)31(22)25(34)27-14-18-9-5-4-6-10-18/h4-7,9-13,21-22H,3,8,14-17H2,1-2H3,(H,27,34)/t21-,22-/m0/s1. The Labute approximate surface area is 208 Å². The number of carbonyl (C=O) groups excluding carboxylic acids is 3. The molecule has 2 aromatic carbocycles. The minimum Gasteiger partial charge on any atom is -0.333 e. The monoisotopic (exact) mass is 527 g/mol. The van der Waals surface area contributed by atoms with Crippen LogP contribution in [0.2, 0.25) is 0 Å². The average Bonchev–Trinajstić information content (AvgIpc) is 2.81. The number of fused-ring (bicyclic) bond motifs is 1. The van der Waals surface area contributed by atoms with Gasteiger partial charge in [-0.15, -0.1) is 0 Å². The molecule has 0 aromatic heterocycles. The number of hydrogen-bond acceptors (Lipinski definition) is 4. The average molecular weight is 528 g/mol. The van der Waals surface area contributed by atoms with Crippen LogP contribution in [0.5, 0.6) is 0 Å². The molecule has 2 aliphatic heterocycles. The number of urea groups is 1. The highest BCUT2D eigenvalue weighted by Gasteiger charge is 2.50. The zero-order chi connectivity index (χ0) is 24.2. The number of amides is 4. The normalized spacial score (nSPS) is 21.0. The number of nitrogens with one attached hydrogen (secondary N) is 1. The molecule has 0 radical (unpaired) electrons. The fourth-order valence-corrected chi connectivity index (χ4v) is 5.15. The van der Waals surface area contributed by atoms with Crippen molar-refractivity contribution in [1.82, 2.24) is 25.1 Å². The minimum atomic E-state index is -0.582. The molecule has 4 rings (SSSR count). The first-order valence-corrected chi connectivity index (χ1v) is 12.3. The van der Waals surface area contributed by atoms with Gasteiger partial charge in [0.1, 0.15) is 12.2 Å². The lowest BCUT2D eigenvalue weighted by molar-refractivity contribution is -0.188. The van der Waals surface area contributed by atoms with Crippen molar-refractivity contribution >= 4 is 33.8 Å². The second-order valence-electron chi connectivity index (χ2n) is 8.74. The fraction of sp³-hybridized carbons (Fsp3) is 0.400. The van der Waals surface area contributed by atoms with Crippen LogP contribution in [0.4, 0.5) is 4.79 Å². The van der Waals surface area contributed by atoms with Crippen molar-refractivity contribution in [2.24, 2.45) is 0 Å². The minimum absolute atomic E-state index is 0.0500. The fourth-order valence-electron chi connectivity index (χ4n) is 4.71. The van der Waals surface area contributed by atoms with Crippen molar-refractivity contribution in [3.8, 4) is 0 Å². The van der Waals surface area contributed by atoms with E-state index in [0.29, 0.717) is 19.5 Å². The van der Waals surface area contributed by atoms with E-state index in [1.165, 1.54) is 0 Å². The topological polar surface area (TPSA) is 76.2 Å². The first kappa shape index (κ1) is 24.2. The van der Waals surface area contributed by atoms with Crippen LogP contribution in [-0.4, -0.2) is 70.0 Å². The summed E-state index contributed by atoms with van der Waals surface area (Å²) < 4.78 is 0.940. The van der Waals surface area contributed by atoms with Crippen molar-refractivity contribution in [2.75, 3.05) is 20.1 Å². The highest BCUT2D eigenvalue weighted by atomic mass is 79.9. The summed E-state index contributed by atoms with van der Waals surface area (Å²) in [6.07, 6.45) is 0.746. The lowest BCUT2D eigenvalue weighted by atomic mass is 10.0. The number of nitrogens with zero attached hydrogens (tertiary/aromatic N) is 4. The molecule has 2 aromatic rings. The molecule has 2 aliphatic rings. The Morgan fingerprint density at radius 1 is 1.09 bits per heavy atom. The van der Waals surface area contributed by atoms with E-state index >= 15 is 0 Å². The SMILES string of the molecule is CCC[C@H]1C(=O)N(Cc2cccc(Br)c2)C[C@H]2N1C(=O)CN(C)N2C(=O)NCc1ccccc1. The number of halogens is 1. The zero-order valence-corrected chi connectivity index (χ0v) is 21.1. The van der Waals surface area contributed by atoms with Crippen LogP contribution in [0.25, 0.3) is 0 Å². The van der Waals surface area contributed by atoms with Gasteiger partial charge in [0, 0.05) is 24.6 Å². The lowest BCUT2D eigenvalue weighted by Crippen LogP contribution is -2.75. The Hall–Kier alpha value is -2.91. The first-order valence-electron chi connectivity index (χ1n) is 11.6. The summed E-state index contributed by atoms with van der Waals surface area (Å²) in [6, 6.07) is 16.6. The second-order valence-corrected chi connectivity index (χ2v) is 9.66. The maximum Gasteiger partial charge on any atom is 0.334 e. The van der Waals surface area contributed by atoms with Crippen molar-refractivity contribution in [1.29, 1.82) is 0 Å². The van der Waals surface area contributed by atoms with Crippen LogP contribution >= 0.6 is 15.9 Å². The smallest absolute Gasteiger partial charge is 0.333 e. The molecule has 0 unspecified atom stereocenters. The molecule has 9 heteroatoms. The van der Waals surface area contributed by atoms with Gasteiger partial charge >= 0.3 is 6.03 Å². The van der Waals surface area contributed by atoms with E-state index in [1.807, 2.05) is 61.5 Å². The molecular weight excluding hydrogens is 498 g/mol. The number of hydrogen-bond donors (Lipinski definition) is 1. The zero-order valence-electron chi connectivity index (χ0n) is 19.5. The first-order chi connectivity index (χ1) is 16.4. The van der Waals surface area contributed by atoms with E-state index in [9.17, 15) is 14.4 Å². The maximum absolute atomic E-state index is 13.5. The van der Waals surface area contributed by atoms with E-state index in [0.717, 1.165) is 22.0 Å². The van der Waals surface area contributed by atoms with Crippen molar-refractivity contribution in [3.05, 3.63) is 70.2 Å². The molecule has 1 N–H and O–H groups in total. The lowest BCUT2D eigenvalue weighted by Gasteiger charge is -2.54. The van der Waals surface area contributed by atoms with Crippen molar-refractivity contribution in [3.63, 3.8) is 0 Å². The van der Waals surface area contributed by atoms with Gasteiger partial charge in [0.2, 0.25) is 11.8 Å². The quantitative estimate of drug-likeness (QED) is 0.625. The molecule has 0 spiro atoms. The van der Waals surface area contributed by atoms with Crippen LogP contribution in [0, 0.1) is 0 Å². The van der Waals surface area contributed by atoms with E-state index < -0.39 is 12.2 Å². The van der Waals surface area contributed by atoms with Gasteiger partial charge in [-0.25, -0.2) is 14.8 Å².